The number of ether oxygens (including phenoxy) is 2. The number of imidazole rings is 1. The maximum atomic E-state index is 13.0. The zero-order chi connectivity index (χ0) is 15.0. The molecule has 2 heterocycles. The van der Waals surface area contributed by atoms with Crippen molar-refractivity contribution in [2.45, 2.75) is 19.4 Å². The normalized spacial score (nSPS) is 14.4. The van der Waals surface area contributed by atoms with Crippen LogP contribution in [-0.2, 0) is 11.3 Å². The average Bonchev–Trinajstić information content (AvgIpc) is 2.61. The van der Waals surface area contributed by atoms with Crippen molar-refractivity contribution in [2.75, 3.05) is 13.2 Å². The molecule has 0 amide bonds. The predicted octanol–water partition coefficient (Wildman–Crippen LogP) is 2.22. The van der Waals surface area contributed by atoms with Gasteiger partial charge in [-0.05, 0) is 0 Å². The van der Waals surface area contributed by atoms with Crippen LogP contribution in [0.15, 0.2) is 12.1 Å². The van der Waals surface area contributed by atoms with E-state index in [1.807, 2.05) is 0 Å². The first kappa shape index (κ1) is 13.6. The smallest absolute Gasteiger partial charge is 0.323 e. The van der Waals surface area contributed by atoms with Crippen LogP contribution < -0.4 is 9.47 Å². The SMILES string of the molecule is O=C(O)Cn1c(C(F)F)nc2cc3c(cc21)OCCCO3. The van der Waals surface area contributed by atoms with Crippen molar-refractivity contribution in [3.63, 3.8) is 0 Å². The molecule has 0 spiro atoms. The summed E-state index contributed by atoms with van der Waals surface area (Å²) >= 11 is 0. The Morgan fingerprint density at radius 3 is 2.62 bits per heavy atom. The van der Waals surface area contributed by atoms with E-state index in [9.17, 15) is 13.6 Å². The van der Waals surface area contributed by atoms with Gasteiger partial charge < -0.3 is 19.1 Å². The quantitative estimate of drug-likeness (QED) is 0.940. The molecule has 0 aliphatic carbocycles. The lowest BCUT2D eigenvalue weighted by Crippen LogP contribution is -2.12. The first-order valence-electron chi connectivity index (χ1n) is 6.36. The number of aromatic nitrogens is 2. The lowest BCUT2D eigenvalue weighted by atomic mass is 10.2. The third kappa shape index (κ3) is 2.48. The number of carbonyl (C=O) groups is 1. The van der Waals surface area contributed by atoms with Gasteiger partial charge in [-0.3, -0.25) is 4.79 Å². The zero-order valence-electron chi connectivity index (χ0n) is 10.9. The fraction of sp³-hybridized carbons (Fsp3) is 0.385. The monoisotopic (exact) mass is 298 g/mol. The van der Waals surface area contributed by atoms with Crippen molar-refractivity contribution in [1.82, 2.24) is 9.55 Å². The Bertz CT molecular complexity index is 699. The van der Waals surface area contributed by atoms with Gasteiger partial charge in [0.2, 0.25) is 0 Å². The minimum atomic E-state index is -2.86. The van der Waals surface area contributed by atoms with Crippen LogP contribution in [0.4, 0.5) is 8.78 Å². The van der Waals surface area contributed by atoms with Crippen LogP contribution in [0.3, 0.4) is 0 Å². The third-order valence-electron chi connectivity index (χ3n) is 3.14. The molecule has 0 saturated carbocycles. The van der Waals surface area contributed by atoms with Crippen molar-refractivity contribution < 1.29 is 28.2 Å². The first-order valence-corrected chi connectivity index (χ1v) is 6.36. The second-order valence-electron chi connectivity index (χ2n) is 4.59. The zero-order valence-corrected chi connectivity index (χ0v) is 10.9. The van der Waals surface area contributed by atoms with E-state index in [-0.39, 0.29) is 11.0 Å². The van der Waals surface area contributed by atoms with Crippen molar-refractivity contribution in [3.05, 3.63) is 18.0 Å². The Labute approximate surface area is 117 Å². The number of benzene rings is 1. The van der Waals surface area contributed by atoms with Gasteiger partial charge in [0.1, 0.15) is 6.54 Å². The van der Waals surface area contributed by atoms with E-state index in [4.69, 9.17) is 14.6 Å². The number of aliphatic carboxylic acids is 1. The molecular weight excluding hydrogens is 286 g/mol. The van der Waals surface area contributed by atoms with Crippen LogP contribution in [-0.4, -0.2) is 33.8 Å². The second kappa shape index (κ2) is 5.19. The topological polar surface area (TPSA) is 73.6 Å². The molecule has 1 N–H and O–H groups in total. The minimum Gasteiger partial charge on any atom is -0.489 e. The average molecular weight is 298 g/mol. The highest BCUT2D eigenvalue weighted by atomic mass is 19.3. The molecule has 1 aromatic carbocycles. The summed E-state index contributed by atoms with van der Waals surface area (Å²) in [5, 5.41) is 8.88. The largest absolute Gasteiger partial charge is 0.489 e. The summed E-state index contributed by atoms with van der Waals surface area (Å²) in [7, 11) is 0. The van der Waals surface area contributed by atoms with Gasteiger partial charge in [-0.1, -0.05) is 0 Å². The highest BCUT2D eigenvalue weighted by Crippen LogP contribution is 2.35. The van der Waals surface area contributed by atoms with Crippen molar-refractivity contribution in [2.24, 2.45) is 0 Å². The summed E-state index contributed by atoms with van der Waals surface area (Å²) < 4.78 is 38.0. The van der Waals surface area contributed by atoms with Gasteiger partial charge in [0.15, 0.2) is 17.3 Å². The first-order chi connectivity index (χ1) is 10.1. The summed E-state index contributed by atoms with van der Waals surface area (Å²) in [6.07, 6.45) is -2.15. The number of fused-ring (bicyclic) bond motifs is 2. The maximum absolute atomic E-state index is 13.0. The molecule has 2 aromatic rings. The maximum Gasteiger partial charge on any atom is 0.323 e. The number of hydrogen-bond acceptors (Lipinski definition) is 4. The van der Waals surface area contributed by atoms with Gasteiger partial charge in [0.05, 0.1) is 24.2 Å². The fourth-order valence-electron chi connectivity index (χ4n) is 2.27. The summed E-state index contributed by atoms with van der Waals surface area (Å²) in [4.78, 5) is 14.7. The molecule has 1 aliphatic heterocycles. The summed E-state index contributed by atoms with van der Waals surface area (Å²) in [5.74, 6) is -0.955. The van der Waals surface area contributed by atoms with E-state index in [1.54, 1.807) is 0 Å². The predicted molar refractivity (Wildman–Crippen MR) is 67.9 cm³/mol. The van der Waals surface area contributed by atoms with E-state index in [0.717, 1.165) is 4.57 Å². The molecule has 8 heteroatoms. The molecule has 1 aromatic heterocycles. The molecule has 0 fully saturated rings. The van der Waals surface area contributed by atoms with E-state index in [0.29, 0.717) is 31.1 Å². The third-order valence-corrected chi connectivity index (χ3v) is 3.14. The molecule has 1 aliphatic rings. The van der Waals surface area contributed by atoms with Gasteiger partial charge in [-0.15, -0.1) is 0 Å². The Kier molecular flexibility index (Phi) is 3.36. The van der Waals surface area contributed by atoms with E-state index in [2.05, 4.69) is 4.98 Å². The van der Waals surface area contributed by atoms with Crippen LogP contribution in [0.1, 0.15) is 18.7 Å². The lowest BCUT2D eigenvalue weighted by molar-refractivity contribution is -0.137. The van der Waals surface area contributed by atoms with Gasteiger partial charge in [0.25, 0.3) is 6.43 Å². The number of halogens is 2. The molecule has 0 unspecified atom stereocenters. The van der Waals surface area contributed by atoms with Crippen molar-refractivity contribution in [3.8, 4) is 11.5 Å². The van der Waals surface area contributed by atoms with E-state index < -0.39 is 24.8 Å². The lowest BCUT2D eigenvalue weighted by Gasteiger charge is -2.08. The Morgan fingerprint density at radius 2 is 2.00 bits per heavy atom. The van der Waals surface area contributed by atoms with Gasteiger partial charge in [-0.25, -0.2) is 13.8 Å². The molecule has 3 rings (SSSR count). The summed E-state index contributed by atoms with van der Waals surface area (Å²) in [6, 6.07) is 3.00. The number of hydrogen-bond donors (Lipinski definition) is 1. The molecule has 112 valence electrons. The summed E-state index contributed by atoms with van der Waals surface area (Å²) in [6.45, 7) is 0.332. The van der Waals surface area contributed by atoms with Crippen LogP contribution in [0.5, 0.6) is 11.5 Å². The number of alkyl halides is 2. The standard InChI is InChI=1S/C13H12F2N2O4/c14-12(15)13-16-7-4-9-10(21-3-1-2-20-9)5-8(7)17(13)6-11(18)19/h4-5,12H,1-3,6H2,(H,18,19). The molecule has 0 bridgehead atoms. The second-order valence-corrected chi connectivity index (χ2v) is 4.59. The van der Waals surface area contributed by atoms with E-state index >= 15 is 0 Å². The molecular formula is C13H12F2N2O4. The van der Waals surface area contributed by atoms with Gasteiger partial charge in [0, 0.05) is 18.6 Å². The highest BCUT2D eigenvalue weighted by molar-refractivity contribution is 5.82. The molecule has 6 nitrogen and oxygen atoms in total. The number of carboxylic acids is 1. The minimum absolute atomic E-state index is 0.260. The fourth-order valence-corrected chi connectivity index (χ4v) is 2.27. The number of nitrogens with zero attached hydrogens (tertiary/aromatic N) is 2. The molecule has 21 heavy (non-hydrogen) atoms. The van der Waals surface area contributed by atoms with Crippen molar-refractivity contribution >= 4 is 17.0 Å². The van der Waals surface area contributed by atoms with Crippen molar-refractivity contribution in [1.29, 1.82) is 0 Å². The number of carboxylic acid groups (broad SMARTS) is 1. The van der Waals surface area contributed by atoms with Gasteiger partial charge >= 0.3 is 5.97 Å². The van der Waals surface area contributed by atoms with Gasteiger partial charge in [-0.2, -0.15) is 0 Å². The number of rotatable bonds is 3. The molecule has 0 saturated heterocycles. The Morgan fingerprint density at radius 1 is 1.33 bits per heavy atom. The van der Waals surface area contributed by atoms with Crippen LogP contribution in [0.2, 0.25) is 0 Å². The highest BCUT2D eigenvalue weighted by Gasteiger charge is 2.23. The van der Waals surface area contributed by atoms with Crippen LogP contribution in [0.25, 0.3) is 11.0 Å². The van der Waals surface area contributed by atoms with E-state index in [1.165, 1.54) is 12.1 Å². The Balaban J connectivity index is 2.19. The molecule has 0 radical (unpaired) electrons. The molecule has 0 atom stereocenters. The van der Waals surface area contributed by atoms with Crippen LogP contribution >= 0.6 is 0 Å². The summed E-state index contributed by atoms with van der Waals surface area (Å²) in [5.41, 5.74) is 0.549. The van der Waals surface area contributed by atoms with Crippen LogP contribution in [0, 0.1) is 0 Å². The Hall–Kier alpha value is -2.38.